The number of anilines is 5. The summed E-state index contributed by atoms with van der Waals surface area (Å²) in [6.07, 6.45) is 4.03. The smallest absolute Gasteiger partial charge is 0.227 e. The summed E-state index contributed by atoms with van der Waals surface area (Å²) in [5.74, 6) is 1.49. The van der Waals surface area contributed by atoms with E-state index in [1.54, 1.807) is 6.20 Å². The number of piperidine rings is 1. The molecule has 2 aromatic heterocycles. The van der Waals surface area contributed by atoms with E-state index in [-0.39, 0.29) is 5.54 Å². The quantitative estimate of drug-likeness (QED) is 0.282. The maximum atomic E-state index is 5.00. The minimum Gasteiger partial charge on any atom is -0.371 e. The zero-order valence-corrected chi connectivity index (χ0v) is 22.5. The van der Waals surface area contributed by atoms with Gasteiger partial charge in [-0.2, -0.15) is 0 Å². The van der Waals surface area contributed by atoms with Crippen LogP contribution >= 0.6 is 0 Å². The molecule has 0 aliphatic carbocycles. The number of hydrogen-bond acceptors (Lipinski definition) is 7. The van der Waals surface area contributed by atoms with Gasteiger partial charge in [0.05, 0.1) is 11.2 Å². The number of para-hydroxylation sites is 1. The van der Waals surface area contributed by atoms with E-state index < -0.39 is 0 Å². The van der Waals surface area contributed by atoms with E-state index in [1.807, 2.05) is 25.1 Å². The molecule has 7 heteroatoms. The fourth-order valence-corrected chi connectivity index (χ4v) is 5.09. The zero-order valence-electron chi connectivity index (χ0n) is 22.5. The minimum absolute atomic E-state index is 0.140. The van der Waals surface area contributed by atoms with Crippen molar-refractivity contribution in [2.75, 3.05) is 28.6 Å². The molecule has 0 amide bonds. The van der Waals surface area contributed by atoms with Crippen molar-refractivity contribution >= 4 is 39.7 Å². The lowest BCUT2D eigenvalue weighted by atomic mass is 9.98. The van der Waals surface area contributed by atoms with E-state index in [1.165, 1.54) is 16.6 Å². The Bertz CT molecular complexity index is 1370. The average Bonchev–Trinajstić information content (AvgIpc) is 2.86. The molecule has 0 unspecified atom stereocenters. The van der Waals surface area contributed by atoms with Gasteiger partial charge in [-0.3, -0.25) is 0 Å². The molecule has 4 aromatic rings. The van der Waals surface area contributed by atoms with Crippen molar-refractivity contribution in [3.8, 4) is 0 Å². The molecule has 0 radical (unpaired) electrons. The molecule has 3 N–H and O–H groups in total. The predicted molar refractivity (Wildman–Crippen MR) is 154 cm³/mol. The Labute approximate surface area is 219 Å². The van der Waals surface area contributed by atoms with Crippen LogP contribution in [-0.2, 0) is 0 Å². The first-order valence-corrected chi connectivity index (χ1v) is 13.1. The molecule has 0 bridgehead atoms. The topological polar surface area (TPSA) is 78.0 Å². The van der Waals surface area contributed by atoms with Crippen LogP contribution in [0.3, 0.4) is 0 Å². The van der Waals surface area contributed by atoms with Crippen molar-refractivity contribution in [3.63, 3.8) is 0 Å². The Hall–Kier alpha value is -3.71. The molecule has 7 nitrogen and oxygen atoms in total. The molecule has 37 heavy (non-hydrogen) atoms. The summed E-state index contributed by atoms with van der Waals surface area (Å²) < 4.78 is 0. The van der Waals surface area contributed by atoms with Crippen LogP contribution in [0, 0.1) is 13.8 Å². The second kappa shape index (κ2) is 10.3. The summed E-state index contributed by atoms with van der Waals surface area (Å²) in [6.45, 7) is 12.9. The maximum absolute atomic E-state index is 5.00. The molecule has 1 saturated heterocycles. The van der Waals surface area contributed by atoms with Crippen LogP contribution in [-0.4, -0.2) is 39.6 Å². The predicted octanol–water partition coefficient (Wildman–Crippen LogP) is 6.49. The molecular weight excluding hydrogens is 458 g/mol. The highest BCUT2D eigenvalue weighted by atomic mass is 15.2. The fourth-order valence-electron chi connectivity index (χ4n) is 5.09. The van der Waals surface area contributed by atoms with Gasteiger partial charge >= 0.3 is 0 Å². The van der Waals surface area contributed by atoms with E-state index in [2.05, 4.69) is 94.9 Å². The highest BCUT2D eigenvalue weighted by molar-refractivity contribution is 5.96. The Kier molecular flexibility index (Phi) is 6.98. The second-order valence-corrected chi connectivity index (χ2v) is 11.0. The highest BCUT2D eigenvalue weighted by Gasteiger charge is 2.25. The Morgan fingerprint density at radius 1 is 0.838 bits per heavy atom. The fraction of sp³-hybridized carbons (Fsp3) is 0.367. The van der Waals surface area contributed by atoms with Crippen molar-refractivity contribution < 1.29 is 0 Å². The molecule has 0 spiro atoms. The average molecular weight is 496 g/mol. The lowest BCUT2D eigenvalue weighted by Gasteiger charge is -2.38. The van der Waals surface area contributed by atoms with E-state index in [9.17, 15) is 0 Å². The number of aryl methyl sites for hydroxylation is 1. The Morgan fingerprint density at radius 3 is 2.19 bits per heavy atom. The normalized spacial score (nSPS) is 14.7. The van der Waals surface area contributed by atoms with Gasteiger partial charge in [0.2, 0.25) is 5.95 Å². The third kappa shape index (κ3) is 6.00. The standard InChI is InChI=1S/C30H37N7/c1-20-14-17-31-29(32-20)34-23-12-10-22(11-13-23)33-28-21(2)27(25-8-6-7-9-26(25)35-28)37-18-15-24(16-19-37)36-30(3,4)5/h6-14,17,24,36H,15-16,18-19H2,1-5H3,(H,33,35)(H,31,32,34). The molecular formula is C30H37N7. The number of pyridine rings is 1. The second-order valence-electron chi connectivity index (χ2n) is 11.0. The lowest BCUT2D eigenvalue weighted by Crippen LogP contribution is -2.49. The summed E-state index contributed by atoms with van der Waals surface area (Å²) in [6, 6.07) is 19.1. The zero-order chi connectivity index (χ0) is 26.0. The number of fused-ring (bicyclic) bond motifs is 1. The number of nitrogens with one attached hydrogen (secondary N) is 3. The largest absolute Gasteiger partial charge is 0.371 e. The van der Waals surface area contributed by atoms with E-state index in [4.69, 9.17) is 4.98 Å². The Morgan fingerprint density at radius 2 is 1.51 bits per heavy atom. The number of nitrogens with zero attached hydrogens (tertiary/aromatic N) is 4. The van der Waals surface area contributed by atoms with Gasteiger partial charge in [0, 0.05) is 58.9 Å². The van der Waals surface area contributed by atoms with Crippen LogP contribution in [0.5, 0.6) is 0 Å². The molecule has 5 rings (SSSR count). The molecule has 0 saturated carbocycles. The third-order valence-electron chi connectivity index (χ3n) is 6.75. The van der Waals surface area contributed by atoms with E-state index in [0.29, 0.717) is 12.0 Å². The number of hydrogen-bond donors (Lipinski definition) is 3. The third-order valence-corrected chi connectivity index (χ3v) is 6.75. The van der Waals surface area contributed by atoms with Gasteiger partial charge in [-0.15, -0.1) is 0 Å². The first kappa shape index (κ1) is 25.0. The van der Waals surface area contributed by atoms with Crippen LogP contribution in [0.4, 0.5) is 28.8 Å². The maximum Gasteiger partial charge on any atom is 0.227 e. The first-order valence-electron chi connectivity index (χ1n) is 13.1. The number of rotatable bonds is 6. The van der Waals surface area contributed by atoms with Crippen molar-refractivity contribution in [2.45, 2.75) is 59.0 Å². The molecule has 1 fully saturated rings. The summed E-state index contributed by atoms with van der Waals surface area (Å²) in [4.78, 5) is 16.2. The van der Waals surface area contributed by atoms with Crippen LogP contribution in [0.1, 0.15) is 44.9 Å². The lowest BCUT2D eigenvalue weighted by molar-refractivity contribution is 0.317. The van der Waals surface area contributed by atoms with Crippen LogP contribution < -0.4 is 20.9 Å². The van der Waals surface area contributed by atoms with Gasteiger partial charge in [-0.1, -0.05) is 18.2 Å². The highest BCUT2D eigenvalue weighted by Crippen LogP contribution is 2.36. The van der Waals surface area contributed by atoms with Gasteiger partial charge in [0.15, 0.2) is 0 Å². The number of benzene rings is 2. The monoisotopic (exact) mass is 495 g/mol. The minimum atomic E-state index is 0.140. The van der Waals surface area contributed by atoms with Gasteiger partial charge in [-0.05, 0) is 83.9 Å². The van der Waals surface area contributed by atoms with Gasteiger partial charge < -0.3 is 20.9 Å². The Balaban J connectivity index is 1.37. The van der Waals surface area contributed by atoms with E-state index >= 15 is 0 Å². The number of aromatic nitrogens is 3. The molecule has 192 valence electrons. The van der Waals surface area contributed by atoms with Crippen LogP contribution in [0.2, 0.25) is 0 Å². The molecule has 0 atom stereocenters. The van der Waals surface area contributed by atoms with Gasteiger partial charge in [0.25, 0.3) is 0 Å². The van der Waals surface area contributed by atoms with Crippen molar-refractivity contribution in [1.29, 1.82) is 0 Å². The first-order chi connectivity index (χ1) is 17.7. The van der Waals surface area contributed by atoms with E-state index in [0.717, 1.165) is 54.3 Å². The van der Waals surface area contributed by atoms with Crippen LogP contribution in [0.25, 0.3) is 10.9 Å². The molecule has 1 aliphatic rings. The molecule has 3 heterocycles. The summed E-state index contributed by atoms with van der Waals surface area (Å²) in [5.41, 5.74) is 6.47. The molecule has 1 aliphatic heterocycles. The van der Waals surface area contributed by atoms with Crippen molar-refractivity contribution in [1.82, 2.24) is 20.3 Å². The summed E-state index contributed by atoms with van der Waals surface area (Å²) in [7, 11) is 0. The van der Waals surface area contributed by atoms with Crippen LogP contribution in [0.15, 0.2) is 60.8 Å². The summed E-state index contributed by atoms with van der Waals surface area (Å²) >= 11 is 0. The summed E-state index contributed by atoms with van der Waals surface area (Å²) in [5, 5.41) is 11.8. The van der Waals surface area contributed by atoms with Gasteiger partial charge in [0.1, 0.15) is 5.82 Å². The van der Waals surface area contributed by atoms with Crippen molar-refractivity contribution in [2.24, 2.45) is 0 Å². The SMILES string of the molecule is Cc1ccnc(Nc2ccc(Nc3nc4ccccc4c(N4CCC(NC(C)(C)C)CC4)c3C)cc2)n1. The van der Waals surface area contributed by atoms with Crippen molar-refractivity contribution in [3.05, 3.63) is 72.1 Å². The van der Waals surface area contributed by atoms with Gasteiger partial charge in [-0.25, -0.2) is 15.0 Å². The molecule has 2 aromatic carbocycles.